The molecule has 0 aliphatic heterocycles. The van der Waals surface area contributed by atoms with Crippen molar-refractivity contribution in [2.75, 3.05) is 12.9 Å². The van der Waals surface area contributed by atoms with Crippen molar-refractivity contribution in [2.24, 2.45) is 5.41 Å². The third-order valence-corrected chi connectivity index (χ3v) is 4.34. The predicted octanol–water partition coefficient (Wildman–Crippen LogP) is 4.17. The van der Waals surface area contributed by atoms with Gasteiger partial charge in [-0.15, -0.1) is 10.2 Å². The molecule has 1 N–H and O–H groups in total. The van der Waals surface area contributed by atoms with Gasteiger partial charge in [0.05, 0.1) is 12.9 Å². The number of methoxy groups -OCH3 is 1. The Balaban J connectivity index is 1.90. The van der Waals surface area contributed by atoms with E-state index >= 15 is 0 Å². The van der Waals surface area contributed by atoms with Gasteiger partial charge in [-0.3, -0.25) is 4.79 Å². The van der Waals surface area contributed by atoms with Gasteiger partial charge in [0, 0.05) is 11.1 Å². The summed E-state index contributed by atoms with van der Waals surface area (Å²) in [5.41, 5.74) is 0.684. The number of aromatic nitrogens is 2. The van der Waals surface area contributed by atoms with E-state index in [0.717, 1.165) is 17.7 Å². The summed E-state index contributed by atoms with van der Waals surface area (Å²) in [6.07, 6.45) is 0.887. The molecule has 0 radical (unpaired) electrons. The van der Waals surface area contributed by atoms with E-state index in [2.05, 4.69) is 36.3 Å². The van der Waals surface area contributed by atoms with Crippen molar-refractivity contribution in [1.29, 1.82) is 0 Å². The molecule has 2 aromatic rings. The first-order valence-corrected chi connectivity index (χ1v) is 9.48. The summed E-state index contributed by atoms with van der Waals surface area (Å²) in [6, 6.07) is 7.36. The van der Waals surface area contributed by atoms with E-state index in [0.29, 0.717) is 11.1 Å². The van der Waals surface area contributed by atoms with Crippen molar-refractivity contribution in [2.45, 2.75) is 51.8 Å². The quantitative estimate of drug-likeness (QED) is 0.730. The first-order chi connectivity index (χ1) is 12.1. The zero-order valence-electron chi connectivity index (χ0n) is 16.3. The van der Waals surface area contributed by atoms with E-state index in [4.69, 9.17) is 9.15 Å². The summed E-state index contributed by atoms with van der Waals surface area (Å²) in [5, 5.41) is 11.5. The summed E-state index contributed by atoms with van der Waals surface area (Å²) in [6.45, 7) is 10.6. The monoisotopic (exact) mass is 377 g/mol. The first-order valence-electron chi connectivity index (χ1n) is 8.50. The van der Waals surface area contributed by atoms with Gasteiger partial charge in [-0.25, -0.2) is 0 Å². The molecule has 0 spiro atoms. The van der Waals surface area contributed by atoms with E-state index in [-0.39, 0.29) is 22.6 Å². The summed E-state index contributed by atoms with van der Waals surface area (Å²) in [7, 11) is 1.62. The molecule has 0 unspecified atom stereocenters. The maximum atomic E-state index is 12.2. The molecular weight excluding hydrogens is 350 g/mol. The van der Waals surface area contributed by atoms with Crippen LogP contribution in [-0.2, 0) is 4.79 Å². The van der Waals surface area contributed by atoms with Gasteiger partial charge in [0.1, 0.15) is 5.75 Å². The van der Waals surface area contributed by atoms with Crippen molar-refractivity contribution < 1.29 is 13.9 Å². The zero-order valence-corrected chi connectivity index (χ0v) is 17.1. The molecule has 0 fully saturated rings. The number of nitrogens with one attached hydrogen (secondary N) is 1. The highest BCUT2D eigenvalue weighted by Crippen LogP contribution is 2.28. The Labute approximate surface area is 159 Å². The number of thioether (sulfide) groups is 1. The molecule has 26 heavy (non-hydrogen) atoms. The lowest BCUT2D eigenvalue weighted by Gasteiger charge is -2.33. The van der Waals surface area contributed by atoms with Crippen molar-refractivity contribution in [3.63, 3.8) is 0 Å². The highest BCUT2D eigenvalue weighted by molar-refractivity contribution is 7.99. The van der Waals surface area contributed by atoms with E-state index in [1.165, 1.54) is 11.8 Å². The Bertz CT molecular complexity index is 733. The molecule has 0 saturated carbocycles. The molecule has 0 aliphatic carbocycles. The zero-order chi connectivity index (χ0) is 19.4. The number of hydrogen-bond acceptors (Lipinski definition) is 6. The number of carbonyl (C=O) groups excluding carboxylic acids is 1. The van der Waals surface area contributed by atoms with Crippen LogP contribution in [0.5, 0.6) is 5.75 Å². The second-order valence-corrected chi connectivity index (χ2v) is 8.99. The predicted molar refractivity (Wildman–Crippen MR) is 103 cm³/mol. The third-order valence-electron chi connectivity index (χ3n) is 3.52. The molecule has 1 aromatic heterocycles. The van der Waals surface area contributed by atoms with E-state index in [1.807, 2.05) is 38.1 Å². The molecule has 142 valence electrons. The van der Waals surface area contributed by atoms with Gasteiger partial charge in [-0.05, 0) is 49.9 Å². The standard InChI is InChI=1S/C19H27N3O3S/c1-18(2,3)12-19(4,5)20-15(23)11-26-17-22-21-16(25-17)13-7-9-14(24-6)10-8-13/h7-10H,11-12H2,1-6H3,(H,20,23). The van der Waals surface area contributed by atoms with Gasteiger partial charge < -0.3 is 14.5 Å². The Morgan fingerprint density at radius 2 is 1.81 bits per heavy atom. The normalized spacial score (nSPS) is 12.1. The van der Waals surface area contributed by atoms with Crippen LogP contribution >= 0.6 is 11.8 Å². The van der Waals surface area contributed by atoms with Gasteiger partial charge in [0.25, 0.3) is 5.22 Å². The number of carbonyl (C=O) groups is 1. The van der Waals surface area contributed by atoms with Crippen LogP contribution in [0, 0.1) is 5.41 Å². The maximum Gasteiger partial charge on any atom is 0.277 e. The van der Waals surface area contributed by atoms with Crippen molar-refractivity contribution in [3.05, 3.63) is 24.3 Å². The van der Waals surface area contributed by atoms with Crippen LogP contribution in [0.25, 0.3) is 11.5 Å². The molecule has 6 nitrogen and oxygen atoms in total. The molecule has 0 atom stereocenters. The molecule has 2 rings (SSSR count). The van der Waals surface area contributed by atoms with Crippen LogP contribution < -0.4 is 10.1 Å². The number of amides is 1. The molecule has 0 saturated heterocycles. The molecular formula is C19H27N3O3S. The van der Waals surface area contributed by atoms with Crippen LogP contribution in [0.4, 0.5) is 0 Å². The number of nitrogens with zero attached hydrogens (tertiary/aromatic N) is 2. The van der Waals surface area contributed by atoms with Crippen LogP contribution in [-0.4, -0.2) is 34.5 Å². The van der Waals surface area contributed by atoms with E-state index < -0.39 is 0 Å². The Kier molecular flexibility index (Phi) is 6.34. The largest absolute Gasteiger partial charge is 0.497 e. The Morgan fingerprint density at radius 1 is 1.15 bits per heavy atom. The molecule has 0 aliphatic rings. The van der Waals surface area contributed by atoms with Gasteiger partial charge in [-0.1, -0.05) is 32.5 Å². The van der Waals surface area contributed by atoms with Gasteiger partial charge in [0.15, 0.2) is 0 Å². The molecule has 7 heteroatoms. The highest BCUT2D eigenvalue weighted by atomic mass is 32.2. The van der Waals surface area contributed by atoms with Crippen molar-refractivity contribution in [1.82, 2.24) is 15.5 Å². The first kappa shape index (κ1) is 20.3. The molecule has 1 heterocycles. The van der Waals surface area contributed by atoms with Gasteiger partial charge in [0.2, 0.25) is 11.8 Å². The summed E-state index contributed by atoms with van der Waals surface area (Å²) >= 11 is 1.23. The van der Waals surface area contributed by atoms with Crippen molar-refractivity contribution >= 4 is 17.7 Å². The fourth-order valence-electron chi connectivity index (χ4n) is 3.03. The minimum Gasteiger partial charge on any atom is -0.497 e. The Morgan fingerprint density at radius 3 is 2.38 bits per heavy atom. The number of rotatable bonds is 7. The summed E-state index contributed by atoms with van der Waals surface area (Å²) < 4.78 is 10.8. The average Bonchev–Trinajstić information content (AvgIpc) is 2.99. The lowest BCUT2D eigenvalue weighted by Crippen LogP contribution is -2.46. The fraction of sp³-hybridized carbons (Fsp3) is 0.526. The Hall–Kier alpha value is -2.02. The second-order valence-electron chi connectivity index (χ2n) is 8.06. The van der Waals surface area contributed by atoms with E-state index in [1.54, 1.807) is 7.11 Å². The van der Waals surface area contributed by atoms with Crippen molar-refractivity contribution in [3.8, 4) is 17.2 Å². The fourth-order valence-corrected chi connectivity index (χ4v) is 3.59. The SMILES string of the molecule is COc1ccc(-c2nnc(SCC(=O)NC(C)(C)CC(C)(C)C)o2)cc1. The average molecular weight is 378 g/mol. The second kappa shape index (κ2) is 8.12. The smallest absolute Gasteiger partial charge is 0.277 e. The lowest BCUT2D eigenvalue weighted by molar-refractivity contribution is -0.120. The highest BCUT2D eigenvalue weighted by Gasteiger charge is 2.27. The van der Waals surface area contributed by atoms with Gasteiger partial charge in [-0.2, -0.15) is 0 Å². The lowest BCUT2D eigenvalue weighted by atomic mass is 9.82. The minimum atomic E-state index is -0.265. The number of hydrogen-bond donors (Lipinski definition) is 1. The summed E-state index contributed by atoms with van der Waals surface area (Å²) in [5.74, 6) is 1.37. The van der Waals surface area contributed by atoms with Crippen LogP contribution in [0.15, 0.2) is 33.9 Å². The molecule has 1 aromatic carbocycles. The van der Waals surface area contributed by atoms with Crippen LogP contribution in [0.2, 0.25) is 0 Å². The minimum absolute atomic E-state index is 0.0477. The van der Waals surface area contributed by atoms with E-state index in [9.17, 15) is 4.79 Å². The van der Waals surface area contributed by atoms with Crippen LogP contribution in [0.3, 0.4) is 0 Å². The summed E-state index contributed by atoms with van der Waals surface area (Å²) in [4.78, 5) is 12.2. The third kappa shape index (κ3) is 6.37. The number of ether oxygens (including phenoxy) is 1. The molecule has 0 bridgehead atoms. The number of benzene rings is 1. The topological polar surface area (TPSA) is 77.2 Å². The van der Waals surface area contributed by atoms with Crippen LogP contribution in [0.1, 0.15) is 41.0 Å². The van der Waals surface area contributed by atoms with Gasteiger partial charge >= 0.3 is 0 Å². The molecule has 1 amide bonds. The maximum absolute atomic E-state index is 12.2.